The van der Waals surface area contributed by atoms with Gasteiger partial charge >= 0.3 is 6.09 Å². The van der Waals surface area contributed by atoms with E-state index < -0.39 is 12.1 Å². The summed E-state index contributed by atoms with van der Waals surface area (Å²) >= 11 is 5.80. The van der Waals surface area contributed by atoms with Gasteiger partial charge in [0.05, 0.1) is 0 Å². The van der Waals surface area contributed by atoms with E-state index in [0.717, 1.165) is 12.8 Å². The molecule has 2 amide bonds. The highest BCUT2D eigenvalue weighted by Gasteiger charge is 2.28. The number of likely N-dealkylation sites (tertiary alicyclic amines) is 1. The molecule has 0 bridgehead atoms. The number of carbonyl (C=O) groups is 2. The Morgan fingerprint density at radius 2 is 1.79 bits per heavy atom. The van der Waals surface area contributed by atoms with Gasteiger partial charge in [-0.2, -0.15) is 0 Å². The van der Waals surface area contributed by atoms with Crippen molar-refractivity contribution in [3.8, 4) is 0 Å². The fourth-order valence-electron chi connectivity index (χ4n) is 2.19. The third-order valence-corrected chi connectivity index (χ3v) is 3.39. The van der Waals surface area contributed by atoms with E-state index in [0.29, 0.717) is 23.7 Å². The lowest BCUT2D eigenvalue weighted by Crippen LogP contribution is -2.41. The molecule has 102 valence electrons. The number of benzene rings is 1. The molecule has 1 aliphatic rings. The monoisotopic (exact) mass is 282 g/mol. The molecule has 19 heavy (non-hydrogen) atoms. The molecule has 0 saturated carbocycles. The Morgan fingerprint density at radius 3 is 2.32 bits per heavy atom. The third kappa shape index (κ3) is 3.38. The number of nitrogens with one attached hydrogen (secondary N) is 1. The van der Waals surface area contributed by atoms with E-state index >= 15 is 0 Å². The molecule has 0 aliphatic carbocycles. The lowest BCUT2D eigenvalue weighted by Gasteiger charge is -2.23. The highest BCUT2D eigenvalue weighted by Crippen LogP contribution is 2.21. The Morgan fingerprint density at radius 1 is 1.21 bits per heavy atom. The molecule has 1 heterocycles. The van der Waals surface area contributed by atoms with Crippen LogP contribution in [0.1, 0.15) is 24.4 Å². The Bertz CT molecular complexity index is 469. The van der Waals surface area contributed by atoms with Gasteiger partial charge in [-0.15, -0.1) is 0 Å². The Labute approximate surface area is 116 Å². The number of hydrogen-bond donors (Lipinski definition) is 2. The highest BCUT2D eigenvalue weighted by atomic mass is 35.5. The maximum atomic E-state index is 12.3. The molecule has 1 aliphatic heterocycles. The van der Waals surface area contributed by atoms with Crippen LogP contribution in [0.25, 0.3) is 0 Å². The van der Waals surface area contributed by atoms with E-state index in [1.807, 2.05) is 0 Å². The average Bonchev–Trinajstić information content (AvgIpc) is 2.90. The van der Waals surface area contributed by atoms with Crippen LogP contribution in [0.3, 0.4) is 0 Å². The third-order valence-electron chi connectivity index (χ3n) is 3.14. The lowest BCUT2D eigenvalue weighted by molar-refractivity contribution is -0.132. The van der Waals surface area contributed by atoms with E-state index in [4.69, 9.17) is 16.7 Å². The molecule has 1 saturated heterocycles. The van der Waals surface area contributed by atoms with Gasteiger partial charge in [-0.05, 0) is 30.5 Å². The van der Waals surface area contributed by atoms with E-state index in [9.17, 15) is 9.59 Å². The molecule has 1 aromatic carbocycles. The number of rotatable bonds is 3. The van der Waals surface area contributed by atoms with Crippen LogP contribution < -0.4 is 5.32 Å². The van der Waals surface area contributed by atoms with Crippen molar-refractivity contribution in [1.82, 2.24) is 10.2 Å². The summed E-state index contributed by atoms with van der Waals surface area (Å²) in [4.78, 5) is 24.9. The standard InChI is InChI=1S/C13H15ClN2O3/c14-10-5-3-9(4-6-10)11(15-13(18)19)12(17)16-7-1-2-8-16/h3-6,11,15H,1-2,7-8H2,(H,18,19). The van der Waals surface area contributed by atoms with Crippen molar-refractivity contribution in [3.05, 3.63) is 34.9 Å². The quantitative estimate of drug-likeness (QED) is 0.893. The second-order valence-electron chi connectivity index (χ2n) is 4.47. The van der Waals surface area contributed by atoms with Gasteiger partial charge in [-0.1, -0.05) is 23.7 Å². The normalized spacial score (nSPS) is 16.2. The molecule has 2 rings (SSSR count). The maximum absolute atomic E-state index is 12.3. The average molecular weight is 283 g/mol. The van der Waals surface area contributed by atoms with Gasteiger partial charge < -0.3 is 15.3 Å². The lowest BCUT2D eigenvalue weighted by atomic mass is 10.1. The predicted molar refractivity (Wildman–Crippen MR) is 71.2 cm³/mol. The van der Waals surface area contributed by atoms with Crippen LogP contribution in [-0.2, 0) is 4.79 Å². The molecule has 0 radical (unpaired) electrons. The second kappa shape index (κ2) is 5.93. The molecule has 1 fully saturated rings. The van der Waals surface area contributed by atoms with Crippen LogP contribution in [0, 0.1) is 0 Å². The van der Waals surface area contributed by atoms with Crippen molar-refractivity contribution in [2.75, 3.05) is 13.1 Å². The van der Waals surface area contributed by atoms with Crippen LogP contribution in [0.4, 0.5) is 4.79 Å². The van der Waals surface area contributed by atoms with Crippen molar-refractivity contribution in [1.29, 1.82) is 0 Å². The predicted octanol–water partition coefficient (Wildman–Crippen LogP) is 2.27. The van der Waals surface area contributed by atoms with Gasteiger partial charge in [0.15, 0.2) is 0 Å². The van der Waals surface area contributed by atoms with E-state index in [1.165, 1.54) is 0 Å². The molecule has 1 unspecified atom stereocenters. The Balaban J connectivity index is 2.21. The van der Waals surface area contributed by atoms with Gasteiger partial charge in [-0.3, -0.25) is 4.79 Å². The summed E-state index contributed by atoms with van der Waals surface area (Å²) in [6, 6.07) is 5.75. The van der Waals surface area contributed by atoms with E-state index in [-0.39, 0.29) is 5.91 Å². The SMILES string of the molecule is O=C(O)NC(C(=O)N1CCCC1)c1ccc(Cl)cc1. The minimum Gasteiger partial charge on any atom is -0.465 e. The second-order valence-corrected chi connectivity index (χ2v) is 4.90. The molecule has 0 spiro atoms. The summed E-state index contributed by atoms with van der Waals surface area (Å²) < 4.78 is 0. The summed E-state index contributed by atoms with van der Waals surface area (Å²) in [5, 5.41) is 11.7. The minimum atomic E-state index is -1.22. The van der Waals surface area contributed by atoms with Crippen molar-refractivity contribution < 1.29 is 14.7 Å². The maximum Gasteiger partial charge on any atom is 0.405 e. The molecular weight excluding hydrogens is 268 g/mol. The molecule has 0 aromatic heterocycles. The fraction of sp³-hybridized carbons (Fsp3) is 0.385. The number of carboxylic acid groups (broad SMARTS) is 1. The number of nitrogens with zero attached hydrogens (tertiary/aromatic N) is 1. The van der Waals surface area contributed by atoms with Crippen molar-refractivity contribution >= 4 is 23.6 Å². The van der Waals surface area contributed by atoms with Gasteiger partial charge in [0, 0.05) is 18.1 Å². The Kier molecular flexibility index (Phi) is 4.27. The number of amides is 2. The van der Waals surface area contributed by atoms with Gasteiger partial charge in [-0.25, -0.2) is 4.79 Å². The number of halogens is 1. The highest BCUT2D eigenvalue weighted by molar-refractivity contribution is 6.30. The molecule has 6 heteroatoms. The largest absolute Gasteiger partial charge is 0.465 e. The smallest absolute Gasteiger partial charge is 0.405 e. The summed E-state index contributed by atoms with van der Waals surface area (Å²) in [5.74, 6) is -0.206. The van der Waals surface area contributed by atoms with Crippen LogP contribution in [0.15, 0.2) is 24.3 Å². The van der Waals surface area contributed by atoms with E-state index in [1.54, 1.807) is 29.2 Å². The summed E-state index contributed by atoms with van der Waals surface area (Å²) in [6.07, 6.45) is 0.714. The van der Waals surface area contributed by atoms with Crippen LogP contribution >= 0.6 is 11.6 Å². The molecule has 5 nitrogen and oxygen atoms in total. The molecular formula is C13H15ClN2O3. The van der Waals surface area contributed by atoms with Crippen molar-refractivity contribution in [3.63, 3.8) is 0 Å². The molecule has 2 N–H and O–H groups in total. The van der Waals surface area contributed by atoms with Gasteiger partial charge in [0.2, 0.25) is 5.91 Å². The van der Waals surface area contributed by atoms with E-state index in [2.05, 4.69) is 5.32 Å². The first-order chi connectivity index (χ1) is 9.08. The zero-order chi connectivity index (χ0) is 13.8. The zero-order valence-electron chi connectivity index (χ0n) is 10.3. The summed E-state index contributed by atoms with van der Waals surface area (Å²) in [5.41, 5.74) is 0.601. The molecule has 1 aromatic rings. The number of carbonyl (C=O) groups excluding carboxylic acids is 1. The number of hydrogen-bond acceptors (Lipinski definition) is 2. The zero-order valence-corrected chi connectivity index (χ0v) is 11.1. The van der Waals surface area contributed by atoms with Crippen LogP contribution in [0.2, 0.25) is 5.02 Å². The first-order valence-corrected chi connectivity index (χ1v) is 6.49. The van der Waals surface area contributed by atoms with Crippen LogP contribution in [0.5, 0.6) is 0 Å². The fourth-order valence-corrected chi connectivity index (χ4v) is 2.31. The summed E-state index contributed by atoms with van der Waals surface area (Å²) in [7, 11) is 0. The summed E-state index contributed by atoms with van der Waals surface area (Å²) in [6.45, 7) is 1.37. The Hall–Kier alpha value is -1.75. The van der Waals surface area contributed by atoms with Gasteiger partial charge in [0.1, 0.15) is 6.04 Å². The minimum absolute atomic E-state index is 0.206. The van der Waals surface area contributed by atoms with Crippen molar-refractivity contribution in [2.45, 2.75) is 18.9 Å². The van der Waals surface area contributed by atoms with Gasteiger partial charge in [0.25, 0.3) is 0 Å². The topological polar surface area (TPSA) is 69.6 Å². The first-order valence-electron chi connectivity index (χ1n) is 6.11. The first kappa shape index (κ1) is 13.7. The molecule has 1 atom stereocenters. The van der Waals surface area contributed by atoms with Crippen LogP contribution in [-0.4, -0.2) is 35.1 Å². The van der Waals surface area contributed by atoms with Crippen molar-refractivity contribution in [2.24, 2.45) is 0 Å².